The molecule has 0 unspecified atom stereocenters. The lowest BCUT2D eigenvalue weighted by atomic mass is 10.2. The zero-order valence-corrected chi connectivity index (χ0v) is 17.5. The van der Waals surface area contributed by atoms with Crippen LogP contribution in [0, 0.1) is 0 Å². The summed E-state index contributed by atoms with van der Waals surface area (Å²) in [4.78, 5) is 32.4. The van der Waals surface area contributed by atoms with E-state index in [0.29, 0.717) is 13.1 Å². The molecule has 6 nitrogen and oxygen atoms in total. The highest BCUT2D eigenvalue weighted by molar-refractivity contribution is 7.18. The Balaban J connectivity index is 1.20. The number of aromatic nitrogens is 1. The average Bonchev–Trinajstić information content (AvgIpc) is 3.19. The second-order valence-corrected chi connectivity index (χ2v) is 8.46. The molecule has 2 N–H and O–H groups in total. The van der Waals surface area contributed by atoms with Crippen LogP contribution in [-0.4, -0.2) is 54.4 Å². The molecule has 7 heteroatoms. The fourth-order valence-electron chi connectivity index (χ4n) is 3.53. The fraction of sp³-hybridized carbons (Fsp3) is 0.261. The predicted octanol–water partition coefficient (Wildman–Crippen LogP) is 1.35. The van der Waals surface area contributed by atoms with Crippen molar-refractivity contribution < 1.29 is 14.5 Å². The van der Waals surface area contributed by atoms with Crippen molar-refractivity contribution in [1.82, 2.24) is 15.2 Å². The van der Waals surface area contributed by atoms with Crippen LogP contribution in [-0.2, 0) is 16.1 Å². The largest absolute Gasteiger partial charge is 0.343 e. The number of nitrogens with zero attached hydrogens (tertiary/aromatic N) is 2. The lowest BCUT2D eigenvalue weighted by Gasteiger charge is -2.31. The van der Waals surface area contributed by atoms with Gasteiger partial charge in [0.1, 0.15) is 11.6 Å². The third kappa shape index (κ3) is 5.31. The molecule has 0 atom stereocenters. The summed E-state index contributed by atoms with van der Waals surface area (Å²) in [6.45, 7) is 4.12. The third-order valence-electron chi connectivity index (χ3n) is 5.20. The molecule has 1 fully saturated rings. The van der Waals surface area contributed by atoms with Crippen LogP contribution in [0.5, 0.6) is 0 Å². The Labute approximate surface area is 179 Å². The Hall–Kier alpha value is -3.03. The maximum Gasteiger partial charge on any atom is 0.244 e. The Bertz CT molecular complexity index is 1010. The number of hydrogen-bond donors (Lipinski definition) is 2. The molecule has 1 aromatic heterocycles. The predicted molar refractivity (Wildman–Crippen MR) is 119 cm³/mol. The number of amides is 2. The van der Waals surface area contributed by atoms with E-state index in [2.05, 4.69) is 11.4 Å². The number of carbonyl (C=O) groups is 2. The quantitative estimate of drug-likeness (QED) is 0.591. The smallest absolute Gasteiger partial charge is 0.244 e. The molecular formula is C23H25N4O2S+. The molecule has 2 amide bonds. The maximum absolute atomic E-state index is 12.4. The summed E-state index contributed by atoms with van der Waals surface area (Å²) in [6, 6.07) is 17.8. The van der Waals surface area contributed by atoms with E-state index in [1.165, 1.54) is 15.7 Å². The molecule has 0 saturated carbocycles. The van der Waals surface area contributed by atoms with Gasteiger partial charge in [0.15, 0.2) is 0 Å². The van der Waals surface area contributed by atoms with E-state index in [-0.39, 0.29) is 18.4 Å². The number of para-hydroxylation sites is 1. The van der Waals surface area contributed by atoms with Gasteiger partial charge in [0, 0.05) is 6.08 Å². The van der Waals surface area contributed by atoms with Crippen molar-refractivity contribution in [2.24, 2.45) is 0 Å². The maximum atomic E-state index is 12.4. The molecule has 1 saturated heterocycles. The van der Waals surface area contributed by atoms with Gasteiger partial charge in [0.2, 0.25) is 11.8 Å². The van der Waals surface area contributed by atoms with Crippen molar-refractivity contribution in [1.29, 1.82) is 0 Å². The number of fused-ring (bicyclic) bond motifs is 1. The van der Waals surface area contributed by atoms with Gasteiger partial charge in [0.25, 0.3) is 0 Å². The van der Waals surface area contributed by atoms with Crippen LogP contribution >= 0.6 is 11.3 Å². The zero-order valence-electron chi connectivity index (χ0n) is 16.7. The van der Waals surface area contributed by atoms with E-state index in [4.69, 9.17) is 4.98 Å². The van der Waals surface area contributed by atoms with Crippen LogP contribution < -0.4 is 10.2 Å². The van der Waals surface area contributed by atoms with Gasteiger partial charge in [0.05, 0.1) is 42.9 Å². The van der Waals surface area contributed by atoms with Gasteiger partial charge < -0.3 is 15.1 Å². The summed E-state index contributed by atoms with van der Waals surface area (Å²) in [7, 11) is 0. The number of quaternary nitrogens is 1. The van der Waals surface area contributed by atoms with Crippen LogP contribution in [0.4, 0.5) is 0 Å². The van der Waals surface area contributed by atoms with Gasteiger partial charge >= 0.3 is 0 Å². The van der Waals surface area contributed by atoms with Crippen molar-refractivity contribution in [3.05, 3.63) is 71.2 Å². The van der Waals surface area contributed by atoms with Crippen molar-refractivity contribution in [2.45, 2.75) is 6.54 Å². The van der Waals surface area contributed by atoms with Crippen molar-refractivity contribution in [3.63, 3.8) is 0 Å². The molecule has 0 bridgehead atoms. The first kappa shape index (κ1) is 20.3. The van der Waals surface area contributed by atoms with Crippen LogP contribution in [0.3, 0.4) is 0 Å². The van der Waals surface area contributed by atoms with Crippen LogP contribution in [0.25, 0.3) is 16.3 Å². The molecule has 0 radical (unpaired) electrons. The SMILES string of the molecule is O=C(/C=C/c1ccccc1)NCC(=O)N1CC[NH+](Cc2nc3ccccc3s2)CC1. The van der Waals surface area contributed by atoms with Gasteiger partial charge in [-0.05, 0) is 23.8 Å². The minimum atomic E-state index is -0.257. The molecular weight excluding hydrogens is 396 g/mol. The highest BCUT2D eigenvalue weighted by Crippen LogP contribution is 2.20. The number of rotatable bonds is 6. The van der Waals surface area contributed by atoms with Gasteiger partial charge in [-0.25, -0.2) is 4.98 Å². The second kappa shape index (κ2) is 9.65. The van der Waals surface area contributed by atoms with Gasteiger partial charge in [-0.2, -0.15) is 0 Å². The summed E-state index contributed by atoms with van der Waals surface area (Å²) in [5, 5.41) is 3.83. The lowest BCUT2D eigenvalue weighted by molar-refractivity contribution is -0.917. The number of carbonyl (C=O) groups excluding carboxylic acids is 2. The Morgan fingerprint density at radius 1 is 1.07 bits per heavy atom. The molecule has 30 heavy (non-hydrogen) atoms. The highest BCUT2D eigenvalue weighted by atomic mass is 32.1. The minimum absolute atomic E-state index is 0.0319. The molecule has 0 aliphatic carbocycles. The first-order valence-electron chi connectivity index (χ1n) is 10.1. The van der Waals surface area contributed by atoms with Crippen LogP contribution in [0.1, 0.15) is 10.6 Å². The number of hydrogen-bond acceptors (Lipinski definition) is 4. The number of benzene rings is 2. The minimum Gasteiger partial charge on any atom is -0.343 e. The van der Waals surface area contributed by atoms with E-state index < -0.39 is 0 Å². The van der Waals surface area contributed by atoms with Crippen molar-refractivity contribution in [2.75, 3.05) is 32.7 Å². The normalized spacial score (nSPS) is 15.0. The Morgan fingerprint density at radius 3 is 2.57 bits per heavy atom. The molecule has 154 valence electrons. The van der Waals surface area contributed by atoms with Crippen LogP contribution in [0.15, 0.2) is 60.7 Å². The molecule has 2 heterocycles. The molecule has 1 aliphatic heterocycles. The van der Waals surface area contributed by atoms with E-state index in [0.717, 1.165) is 35.7 Å². The Morgan fingerprint density at radius 2 is 1.80 bits per heavy atom. The topological polar surface area (TPSA) is 66.7 Å². The van der Waals surface area contributed by atoms with Gasteiger partial charge in [-0.15, -0.1) is 11.3 Å². The standard InChI is InChI=1S/C23H24N4O2S/c28-21(11-10-18-6-2-1-3-7-18)24-16-23(29)27-14-12-26(13-15-27)17-22-25-19-8-4-5-9-20(19)30-22/h1-11H,12-17H2,(H,24,28)/p+1/b11-10+. The summed E-state index contributed by atoms with van der Waals surface area (Å²) in [5.74, 6) is -0.289. The number of piperazine rings is 1. The number of thiazole rings is 1. The third-order valence-corrected chi connectivity index (χ3v) is 6.24. The molecule has 2 aromatic carbocycles. The number of nitrogens with one attached hydrogen (secondary N) is 2. The van der Waals surface area contributed by atoms with Crippen LogP contribution in [0.2, 0.25) is 0 Å². The van der Waals surface area contributed by atoms with Crippen molar-refractivity contribution in [3.8, 4) is 0 Å². The molecule has 0 spiro atoms. The second-order valence-electron chi connectivity index (χ2n) is 7.34. The van der Waals surface area contributed by atoms with Gasteiger partial charge in [-0.1, -0.05) is 42.5 Å². The monoisotopic (exact) mass is 421 g/mol. The van der Waals surface area contributed by atoms with Gasteiger partial charge in [-0.3, -0.25) is 9.59 Å². The first-order chi connectivity index (χ1) is 14.7. The zero-order chi connectivity index (χ0) is 20.8. The molecule has 4 rings (SSSR count). The summed E-state index contributed by atoms with van der Waals surface area (Å²) in [6.07, 6.45) is 3.20. The van der Waals surface area contributed by atoms with E-state index in [9.17, 15) is 9.59 Å². The van der Waals surface area contributed by atoms with E-state index in [1.54, 1.807) is 17.4 Å². The molecule has 3 aromatic rings. The van der Waals surface area contributed by atoms with Crippen molar-refractivity contribution >= 4 is 39.4 Å². The summed E-state index contributed by atoms with van der Waals surface area (Å²) >= 11 is 1.75. The first-order valence-corrected chi connectivity index (χ1v) is 11.0. The van der Waals surface area contributed by atoms with E-state index in [1.807, 2.05) is 53.4 Å². The average molecular weight is 422 g/mol. The van der Waals surface area contributed by atoms with E-state index >= 15 is 0 Å². The summed E-state index contributed by atoms with van der Waals surface area (Å²) in [5.41, 5.74) is 2.01. The molecule has 1 aliphatic rings. The summed E-state index contributed by atoms with van der Waals surface area (Å²) < 4.78 is 1.22. The fourth-order valence-corrected chi connectivity index (χ4v) is 4.57. The lowest BCUT2D eigenvalue weighted by Crippen LogP contribution is -3.13. The highest BCUT2D eigenvalue weighted by Gasteiger charge is 2.24. The Kier molecular flexibility index (Phi) is 6.51.